The third kappa shape index (κ3) is 2.63. The Labute approximate surface area is 110 Å². The third-order valence-corrected chi connectivity index (χ3v) is 3.53. The lowest BCUT2D eigenvalue weighted by molar-refractivity contribution is -0.384. The van der Waals surface area contributed by atoms with Gasteiger partial charge in [0.15, 0.2) is 0 Å². The van der Waals surface area contributed by atoms with Gasteiger partial charge in [-0.2, -0.15) is 5.26 Å². The first-order chi connectivity index (χ1) is 9.10. The molecule has 0 amide bonds. The number of nitriles is 1. The molecule has 19 heavy (non-hydrogen) atoms. The summed E-state index contributed by atoms with van der Waals surface area (Å²) in [5.41, 5.74) is 5.46. The molecule has 1 heterocycles. The molecule has 0 spiro atoms. The zero-order valence-electron chi connectivity index (χ0n) is 10.4. The van der Waals surface area contributed by atoms with E-state index in [4.69, 9.17) is 11.0 Å². The van der Waals surface area contributed by atoms with Gasteiger partial charge in [-0.05, 0) is 12.8 Å². The number of anilines is 1. The molecular formula is C12H15N5O2. The molecule has 0 unspecified atom stereocenters. The van der Waals surface area contributed by atoms with Crippen molar-refractivity contribution in [2.45, 2.75) is 31.2 Å². The van der Waals surface area contributed by atoms with Crippen molar-refractivity contribution < 1.29 is 4.92 Å². The molecule has 0 saturated heterocycles. The molecule has 0 aliphatic heterocycles. The molecule has 0 radical (unpaired) electrons. The van der Waals surface area contributed by atoms with Crippen LogP contribution in [0.15, 0.2) is 12.3 Å². The highest BCUT2D eigenvalue weighted by Crippen LogP contribution is 2.34. The highest BCUT2D eigenvalue weighted by Gasteiger charge is 2.34. The molecule has 1 aliphatic carbocycles. The van der Waals surface area contributed by atoms with E-state index in [2.05, 4.69) is 10.3 Å². The van der Waals surface area contributed by atoms with Gasteiger partial charge in [-0.1, -0.05) is 12.8 Å². The lowest BCUT2D eigenvalue weighted by Crippen LogP contribution is -2.43. The first-order valence-electron chi connectivity index (χ1n) is 6.13. The van der Waals surface area contributed by atoms with Gasteiger partial charge in [-0.25, -0.2) is 4.98 Å². The van der Waals surface area contributed by atoms with Crippen LogP contribution in [0.4, 0.5) is 11.5 Å². The van der Waals surface area contributed by atoms with E-state index in [9.17, 15) is 10.1 Å². The molecule has 100 valence electrons. The maximum absolute atomic E-state index is 11.0. The molecular weight excluding hydrogens is 246 g/mol. The van der Waals surface area contributed by atoms with Gasteiger partial charge >= 0.3 is 5.69 Å². The van der Waals surface area contributed by atoms with Crippen LogP contribution in [0.3, 0.4) is 0 Å². The van der Waals surface area contributed by atoms with Crippen molar-refractivity contribution >= 4 is 11.5 Å². The van der Waals surface area contributed by atoms with Crippen LogP contribution >= 0.6 is 0 Å². The maximum Gasteiger partial charge on any atom is 0.312 e. The van der Waals surface area contributed by atoms with Gasteiger partial charge in [0.1, 0.15) is 6.07 Å². The Morgan fingerprint density at radius 1 is 1.58 bits per heavy atom. The van der Waals surface area contributed by atoms with Crippen molar-refractivity contribution in [1.29, 1.82) is 5.26 Å². The quantitative estimate of drug-likeness (QED) is 0.627. The van der Waals surface area contributed by atoms with Crippen molar-refractivity contribution in [1.82, 2.24) is 4.98 Å². The molecule has 1 aromatic rings. The van der Waals surface area contributed by atoms with Crippen molar-refractivity contribution in [2.75, 3.05) is 11.9 Å². The molecule has 0 aromatic carbocycles. The van der Waals surface area contributed by atoms with Crippen LogP contribution in [-0.2, 0) is 0 Å². The van der Waals surface area contributed by atoms with Crippen LogP contribution in [0, 0.1) is 21.4 Å². The van der Waals surface area contributed by atoms with Gasteiger partial charge in [0.05, 0.1) is 16.0 Å². The van der Waals surface area contributed by atoms with Crippen molar-refractivity contribution in [2.24, 2.45) is 5.73 Å². The molecule has 1 fully saturated rings. The summed E-state index contributed by atoms with van der Waals surface area (Å²) in [5, 5.41) is 22.9. The first-order valence-corrected chi connectivity index (χ1v) is 6.13. The lowest BCUT2D eigenvalue weighted by Gasteiger charge is -2.29. The molecule has 2 rings (SSSR count). The van der Waals surface area contributed by atoms with Gasteiger partial charge < -0.3 is 11.1 Å². The predicted octanol–water partition coefficient (Wildman–Crippen LogP) is 1.54. The Balaban J connectivity index is 2.34. The molecule has 3 N–H and O–H groups in total. The first kappa shape index (κ1) is 13.2. The minimum atomic E-state index is -0.532. The topological polar surface area (TPSA) is 118 Å². The van der Waals surface area contributed by atoms with Crippen LogP contribution in [-0.4, -0.2) is 22.0 Å². The second-order valence-corrected chi connectivity index (χ2v) is 4.78. The number of aromatic nitrogens is 1. The van der Waals surface area contributed by atoms with E-state index in [1.165, 1.54) is 12.3 Å². The normalized spacial score (nSPS) is 16.8. The molecule has 0 atom stereocenters. The average Bonchev–Trinajstić information content (AvgIpc) is 2.88. The Hall–Kier alpha value is -2.20. The van der Waals surface area contributed by atoms with Gasteiger partial charge in [-0.15, -0.1) is 0 Å². The minimum absolute atomic E-state index is 0.172. The van der Waals surface area contributed by atoms with Crippen LogP contribution < -0.4 is 11.1 Å². The van der Waals surface area contributed by atoms with Crippen molar-refractivity contribution in [3.63, 3.8) is 0 Å². The van der Waals surface area contributed by atoms with Crippen molar-refractivity contribution in [3.8, 4) is 6.07 Å². The largest absolute Gasteiger partial charge is 0.358 e. The molecule has 1 saturated carbocycles. The molecule has 1 aliphatic rings. The number of hydrogen-bond donors (Lipinski definition) is 2. The van der Waals surface area contributed by atoms with Gasteiger partial charge in [0.2, 0.25) is 5.82 Å². The molecule has 0 bridgehead atoms. The summed E-state index contributed by atoms with van der Waals surface area (Å²) < 4.78 is 0. The van der Waals surface area contributed by atoms with E-state index in [1.54, 1.807) is 0 Å². The fourth-order valence-electron chi connectivity index (χ4n) is 2.43. The van der Waals surface area contributed by atoms with Gasteiger partial charge in [0, 0.05) is 18.8 Å². The summed E-state index contributed by atoms with van der Waals surface area (Å²) in [4.78, 5) is 14.5. The number of nitrogens with two attached hydrogens (primary N) is 1. The van der Waals surface area contributed by atoms with Crippen LogP contribution in [0.1, 0.15) is 31.2 Å². The van der Waals surface area contributed by atoms with Crippen LogP contribution in [0.25, 0.3) is 0 Å². The number of rotatable bonds is 4. The second kappa shape index (κ2) is 5.20. The van der Waals surface area contributed by atoms with Crippen LogP contribution in [0.2, 0.25) is 0 Å². The Kier molecular flexibility index (Phi) is 3.62. The SMILES string of the molecule is N#Cc1cnc(NC2(CN)CCCC2)c([N+](=O)[O-])c1. The number of hydrogen-bond acceptors (Lipinski definition) is 6. The highest BCUT2D eigenvalue weighted by atomic mass is 16.6. The molecule has 7 heteroatoms. The van der Waals surface area contributed by atoms with Crippen molar-refractivity contribution in [3.05, 3.63) is 27.9 Å². The summed E-state index contributed by atoms with van der Waals surface area (Å²) in [5.74, 6) is 0.191. The molecule has 1 aromatic heterocycles. The number of nitrogens with one attached hydrogen (secondary N) is 1. The summed E-state index contributed by atoms with van der Waals surface area (Å²) in [6, 6.07) is 3.08. The minimum Gasteiger partial charge on any atom is -0.358 e. The van der Waals surface area contributed by atoms with Crippen LogP contribution in [0.5, 0.6) is 0 Å². The third-order valence-electron chi connectivity index (χ3n) is 3.53. The zero-order valence-corrected chi connectivity index (χ0v) is 10.4. The van der Waals surface area contributed by atoms with E-state index in [0.29, 0.717) is 6.54 Å². The molecule has 7 nitrogen and oxygen atoms in total. The predicted molar refractivity (Wildman–Crippen MR) is 69.5 cm³/mol. The van der Waals surface area contributed by atoms with Gasteiger partial charge in [0.25, 0.3) is 0 Å². The smallest absolute Gasteiger partial charge is 0.312 e. The van der Waals surface area contributed by atoms with E-state index >= 15 is 0 Å². The summed E-state index contributed by atoms with van der Waals surface area (Å²) in [6.07, 6.45) is 5.18. The fourth-order valence-corrected chi connectivity index (χ4v) is 2.43. The standard InChI is InChI=1S/C12H15N5O2/c13-6-9-5-10(17(18)19)11(15-7-9)16-12(8-14)3-1-2-4-12/h5,7H,1-4,8,14H2,(H,15,16). The Morgan fingerprint density at radius 2 is 2.26 bits per heavy atom. The highest BCUT2D eigenvalue weighted by molar-refractivity contribution is 5.59. The Morgan fingerprint density at radius 3 is 2.79 bits per heavy atom. The van der Waals surface area contributed by atoms with Gasteiger partial charge in [-0.3, -0.25) is 10.1 Å². The van der Waals surface area contributed by atoms with E-state index < -0.39 is 4.92 Å². The number of pyridine rings is 1. The summed E-state index contributed by atoms with van der Waals surface area (Å²) in [7, 11) is 0. The Bertz CT molecular complexity index is 531. The zero-order chi connectivity index (χ0) is 13.9. The van der Waals surface area contributed by atoms with E-state index in [-0.39, 0.29) is 22.6 Å². The number of nitro groups is 1. The second-order valence-electron chi connectivity index (χ2n) is 4.78. The average molecular weight is 261 g/mol. The van der Waals surface area contributed by atoms with E-state index in [0.717, 1.165) is 25.7 Å². The summed E-state index contributed by atoms with van der Waals surface area (Å²) in [6.45, 7) is 0.409. The lowest BCUT2D eigenvalue weighted by atomic mass is 9.98. The summed E-state index contributed by atoms with van der Waals surface area (Å²) >= 11 is 0. The fraction of sp³-hybridized carbons (Fsp3) is 0.500. The van der Waals surface area contributed by atoms with E-state index in [1.807, 2.05) is 6.07 Å². The monoisotopic (exact) mass is 261 g/mol. The number of nitrogens with zero attached hydrogens (tertiary/aromatic N) is 3. The maximum atomic E-state index is 11.0.